The second-order valence-electron chi connectivity index (χ2n) is 6.39. The Hall–Kier alpha value is -2.56. The predicted molar refractivity (Wildman–Crippen MR) is 104 cm³/mol. The van der Waals surface area contributed by atoms with Crippen molar-refractivity contribution in [2.75, 3.05) is 11.6 Å². The van der Waals surface area contributed by atoms with Gasteiger partial charge in [-0.15, -0.1) is 0 Å². The van der Waals surface area contributed by atoms with Crippen LogP contribution in [0.1, 0.15) is 18.5 Å². The van der Waals surface area contributed by atoms with E-state index in [0.29, 0.717) is 6.73 Å². The summed E-state index contributed by atoms with van der Waals surface area (Å²) >= 11 is 6.01. The molecule has 2 aromatic carbocycles. The van der Waals surface area contributed by atoms with Crippen molar-refractivity contribution in [3.63, 3.8) is 0 Å². The summed E-state index contributed by atoms with van der Waals surface area (Å²) in [6.07, 6.45) is 1.84. The summed E-state index contributed by atoms with van der Waals surface area (Å²) in [7, 11) is 0. The molecule has 0 aliphatic carbocycles. The molecule has 1 saturated heterocycles. The number of rotatable bonds is 3. The zero-order valence-corrected chi connectivity index (χ0v) is 15.1. The smallest absolute Gasteiger partial charge is 0.255 e. The van der Waals surface area contributed by atoms with Crippen molar-refractivity contribution in [1.82, 2.24) is 4.57 Å². The molecule has 0 radical (unpaired) electrons. The van der Waals surface area contributed by atoms with E-state index < -0.39 is 0 Å². The first-order valence-corrected chi connectivity index (χ1v) is 8.93. The molecule has 0 unspecified atom stereocenters. The zero-order valence-electron chi connectivity index (χ0n) is 14.4. The van der Waals surface area contributed by atoms with Crippen molar-refractivity contribution in [2.45, 2.75) is 19.1 Å². The van der Waals surface area contributed by atoms with Crippen molar-refractivity contribution < 1.29 is 4.74 Å². The fraction of sp³-hybridized carbons (Fsp3) is 0.190. The van der Waals surface area contributed by atoms with E-state index in [1.807, 2.05) is 42.5 Å². The fourth-order valence-electron chi connectivity index (χ4n) is 3.41. The highest BCUT2D eigenvalue weighted by Gasteiger charge is 2.33. The Bertz CT molecular complexity index is 951. The first-order valence-electron chi connectivity index (χ1n) is 8.55. The number of nitrogens with zero attached hydrogens (tertiary/aromatic N) is 2. The predicted octanol–water partition coefficient (Wildman–Crippen LogP) is 4.41. The maximum atomic E-state index is 12.0. The average molecular weight is 367 g/mol. The molecule has 0 amide bonds. The van der Waals surface area contributed by atoms with Crippen LogP contribution >= 0.6 is 11.6 Å². The Balaban J connectivity index is 1.66. The van der Waals surface area contributed by atoms with Gasteiger partial charge in [0.1, 0.15) is 6.73 Å². The SMILES string of the molecule is C[C@@H]1OCN(c2ccc(Cl)cc2)[C@@H]1c1ccc(-n2ccccc2=O)cc1. The summed E-state index contributed by atoms with van der Waals surface area (Å²) in [5.74, 6) is 0. The second-order valence-corrected chi connectivity index (χ2v) is 6.83. The number of pyridine rings is 1. The molecule has 132 valence electrons. The molecule has 2 heterocycles. The highest BCUT2D eigenvalue weighted by Crippen LogP contribution is 2.36. The molecule has 26 heavy (non-hydrogen) atoms. The molecule has 0 saturated carbocycles. The Morgan fingerprint density at radius 2 is 1.65 bits per heavy atom. The Labute approximate surface area is 157 Å². The minimum Gasteiger partial charge on any atom is -0.356 e. The Morgan fingerprint density at radius 3 is 2.35 bits per heavy atom. The lowest BCUT2D eigenvalue weighted by molar-refractivity contribution is 0.118. The van der Waals surface area contributed by atoms with Gasteiger partial charge in [-0.25, -0.2) is 0 Å². The highest BCUT2D eigenvalue weighted by molar-refractivity contribution is 6.30. The molecule has 1 aliphatic rings. The van der Waals surface area contributed by atoms with Gasteiger partial charge >= 0.3 is 0 Å². The molecule has 1 aliphatic heterocycles. The molecule has 1 fully saturated rings. The average Bonchev–Trinajstić information content (AvgIpc) is 3.04. The number of halogens is 1. The van der Waals surface area contributed by atoms with Crippen molar-refractivity contribution in [2.24, 2.45) is 0 Å². The third-order valence-corrected chi connectivity index (χ3v) is 5.00. The molecule has 4 rings (SSSR count). The summed E-state index contributed by atoms with van der Waals surface area (Å²) in [6, 6.07) is 21.1. The largest absolute Gasteiger partial charge is 0.356 e. The first-order chi connectivity index (χ1) is 12.6. The van der Waals surface area contributed by atoms with Crippen LogP contribution in [0.25, 0.3) is 5.69 Å². The van der Waals surface area contributed by atoms with Crippen molar-refractivity contribution in [1.29, 1.82) is 0 Å². The lowest BCUT2D eigenvalue weighted by Gasteiger charge is -2.27. The van der Waals surface area contributed by atoms with Crippen LogP contribution in [0.4, 0.5) is 5.69 Å². The molecular weight excluding hydrogens is 348 g/mol. The number of hydrogen-bond acceptors (Lipinski definition) is 3. The van der Waals surface area contributed by atoms with Gasteiger partial charge in [-0.3, -0.25) is 9.36 Å². The van der Waals surface area contributed by atoms with Crippen LogP contribution < -0.4 is 10.5 Å². The molecule has 4 nitrogen and oxygen atoms in total. The maximum Gasteiger partial charge on any atom is 0.255 e. The third kappa shape index (κ3) is 3.14. The van der Waals surface area contributed by atoms with Crippen LogP contribution in [0.3, 0.4) is 0 Å². The lowest BCUT2D eigenvalue weighted by atomic mass is 10.0. The maximum absolute atomic E-state index is 12.0. The van der Waals surface area contributed by atoms with E-state index in [4.69, 9.17) is 16.3 Å². The standard InChI is InChI=1S/C21H19ClN2O2/c1-15-21(24(14-26-15)19-11-7-17(22)8-12-19)16-5-9-18(10-6-16)23-13-3-2-4-20(23)25/h2-13,15,21H,14H2,1H3/t15-,21-/m0/s1. The normalized spacial score (nSPS) is 19.7. The van der Waals surface area contributed by atoms with Gasteiger partial charge in [0.15, 0.2) is 0 Å². The number of ether oxygens (including phenoxy) is 1. The number of aromatic nitrogens is 1. The van der Waals surface area contributed by atoms with Crippen LogP contribution in [0.15, 0.2) is 77.7 Å². The number of hydrogen-bond donors (Lipinski definition) is 0. The van der Waals surface area contributed by atoms with E-state index in [-0.39, 0.29) is 17.7 Å². The quantitative estimate of drug-likeness (QED) is 0.688. The summed E-state index contributed by atoms with van der Waals surface area (Å²) < 4.78 is 7.52. The molecular formula is C21H19ClN2O2. The van der Waals surface area contributed by atoms with Gasteiger partial charge in [-0.05, 0) is 55.0 Å². The van der Waals surface area contributed by atoms with Crippen LogP contribution in [-0.4, -0.2) is 17.4 Å². The van der Waals surface area contributed by atoms with E-state index in [1.54, 1.807) is 22.9 Å². The summed E-state index contributed by atoms with van der Waals surface area (Å²) in [6.45, 7) is 2.61. The van der Waals surface area contributed by atoms with Gasteiger partial charge in [0.05, 0.1) is 12.1 Å². The topological polar surface area (TPSA) is 34.5 Å². The molecule has 3 aromatic rings. The van der Waals surface area contributed by atoms with Crippen LogP contribution in [0.2, 0.25) is 5.02 Å². The van der Waals surface area contributed by atoms with E-state index in [2.05, 4.69) is 24.0 Å². The summed E-state index contributed by atoms with van der Waals surface area (Å²) in [4.78, 5) is 14.2. The van der Waals surface area contributed by atoms with Crippen LogP contribution in [-0.2, 0) is 4.74 Å². The monoisotopic (exact) mass is 366 g/mol. The molecule has 5 heteroatoms. The Morgan fingerprint density at radius 1 is 0.962 bits per heavy atom. The van der Waals surface area contributed by atoms with Gasteiger partial charge in [0.2, 0.25) is 0 Å². The number of anilines is 1. The highest BCUT2D eigenvalue weighted by atomic mass is 35.5. The third-order valence-electron chi connectivity index (χ3n) is 4.75. The zero-order chi connectivity index (χ0) is 18.1. The van der Waals surface area contributed by atoms with Crippen LogP contribution in [0, 0.1) is 0 Å². The van der Waals surface area contributed by atoms with E-state index >= 15 is 0 Å². The minimum atomic E-state index is -0.0411. The molecule has 0 bridgehead atoms. The second kappa shape index (κ2) is 6.98. The molecule has 0 N–H and O–H groups in total. The van der Waals surface area contributed by atoms with Gasteiger partial charge in [0.25, 0.3) is 5.56 Å². The van der Waals surface area contributed by atoms with E-state index in [1.165, 1.54) is 0 Å². The number of benzene rings is 2. The minimum absolute atomic E-state index is 0.0411. The molecule has 0 spiro atoms. The van der Waals surface area contributed by atoms with Gasteiger partial charge in [-0.1, -0.05) is 29.8 Å². The van der Waals surface area contributed by atoms with Gasteiger partial charge in [0, 0.05) is 28.7 Å². The molecule has 2 atom stereocenters. The lowest BCUT2D eigenvalue weighted by Crippen LogP contribution is -2.26. The first kappa shape index (κ1) is 16.9. The van der Waals surface area contributed by atoms with Crippen molar-refractivity contribution in [3.05, 3.63) is 93.9 Å². The van der Waals surface area contributed by atoms with Gasteiger partial charge in [-0.2, -0.15) is 0 Å². The van der Waals surface area contributed by atoms with E-state index in [9.17, 15) is 4.79 Å². The van der Waals surface area contributed by atoms with Crippen molar-refractivity contribution in [3.8, 4) is 5.69 Å². The Kier molecular flexibility index (Phi) is 4.53. The molecule has 1 aromatic heterocycles. The van der Waals surface area contributed by atoms with Crippen LogP contribution in [0.5, 0.6) is 0 Å². The summed E-state index contributed by atoms with van der Waals surface area (Å²) in [5.41, 5.74) is 3.04. The van der Waals surface area contributed by atoms with Gasteiger partial charge < -0.3 is 9.64 Å². The summed E-state index contributed by atoms with van der Waals surface area (Å²) in [5, 5.41) is 0.719. The fourth-order valence-corrected chi connectivity index (χ4v) is 3.54. The van der Waals surface area contributed by atoms with E-state index in [0.717, 1.165) is 22.0 Å². The van der Waals surface area contributed by atoms with Crippen molar-refractivity contribution >= 4 is 17.3 Å².